The van der Waals surface area contributed by atoms with Gasteiger partial charge in [0.05, 0.1) is 6.61 Å². The molecule has 0 spiro atoms. The van der Waals surface area contributed by atoms with Gasteiger partial charge in [-0.2, -0.15) is 0 Å². The molecule has 1 rings (SSSR count). The molecule has 84 valence electrons. The Morgan fingerprint density at radius 1 is 1.53 bits per heavy atom. The molecule has 15 heavy (non-hydrogen) atoms. The summed E-state index contributed by atoms with van der Waals surface area (Å²) in [5.74, 6) is -1.21. The minimum Gasteiger partial charge on any atom is -0.462 e. The smallest absolute Gasteiger partial charge is 0.346 e. The van der Waals surface area contributed by atoms with E-state index in [1.54, 1.807) is 20.8 Å². The van der Waals surface area contributed by atoms with E-state index in [1.165, 1.54) is 0 Å². The highest BCUT2D eigenvalue weighted by molar-refractivity contribution is 9.09. The molecule has 0 bridgehead atoms. The van der Waals surface area contributed by atoms with Crippen LogP contribution >= 0.6 is 15.9 Å². The van der Waals surface area contributed by atoms with Crippen molar-refractivity contribution >= 4 is 27.9 Å². The minimum absolute atomic E-state index is 0.0266. The van der Waals surface area contributed by atoms with Crippen molar-refractivity contribution in [1.29, 1.82) is 0 Å². The zero-order valence-corrected chi connectivity index (χ0v) is 10.5. The summed E-state index contributed by atoms with van der Waals surface area (Å²) in [7, 11) is 0. The standard InChI is InChI=1S/C10H13BrO4/c1-4-14-8(12)7-6(5-11)10(2,3)15-9(7)13/h4-5H2,1-3H3. The van der Waals surface area contributed by atoms with Crippen LogP contribution in [0.1, 0.15) is 20.8 Å². The number of carbonyl (C=O) groups is 2. The SMILES string of the molecule is CCOC(=O)C1=C(CBr)C(C)(C)OC1=O. The van der Waals surface area contributed by atoms with Gasteiger partial charge in [-0.3, -0.25) is 0 Å². The molecule has 0 unspecified atom stereocenters. The quantitative estimate of drug-likeness (QED) is 0.446. The van der Waals surface area contributed by atoms with E-state index >= 15 is 0 Å². The molecule has 0 fully saturated rings. The molecule has 5 heteroatoms. The Morgan fingerprint density at radius 3 is 2.60 bits per heavy atom. The van der Waals surface area contributed by atoms with Crippen LogP contribution in [-0.4, -0.2) is 29.5 Å². The lowest BCUT2D eigenvalue weighted by Crippen LogP contribution is -2.23. The lowest BCUT2D eigenvalue weighted by molar-refractivity contribution is -0.148. The predicted molar refractivity (Wildman–Crippen MR) is 57.6 cm³/mol. The van der Waals surface area contributed by atoms with E-state index in [9.17, 15) is 9.59 Å². The molecule has 1 aliphatic heterocycles. The fourth-order valence-corrected chi connectivity index (χ4v) is 2.36. The molecule has 0 saturated carbocycles. The molecule has 0 N–H and O–H groups in total. The van der Waals surface area contributed by atoms with Gasteiger partial charge in [-0.1, -0.05) is 15.9 Å². The summed E-state index contributed by atoms with van der Waals surface area (Å²) in [5.41, 5.74) is -0.0763. The lowest BCUT2D eigenvalue weighted by Gasteiger charge is -2.19. The summed E-state index contributed by atoms with van der Waals surface area (Å²) in [6.45, 7) is 5.42. The average molecular weight is 277 g/mol. The van der Waals surface area contributed by atoms with E-state index in [0.717, 1.165) is 0 Å². The van der Waals surface area contributed by atoms with Crippen LogP contribution in [0.25, 0.3) is 0 Å². The van der Waals surface area contributed by atoms with E-state index in [-0.39, 0.29) is 12.2 Å². The van der Waals surface area contributed by atoms with Gasteiger partial charge in [-0.05, 0) is 20.8 Å². The third-order valence-electron chi connectivity index (χ3n) is 2.19. The number of hydrogen-bond donors (Lipinski definition) is 0. The second-order valence-electron chi connectivity index (χ2n) is 3.61. The molecule has 0 aromatic carbocycles. The molecule has 0 aromatic rings. The highest BCUT2D eigenvalue weighted by atomic mass is 79.9. The van der Waals surface area contributed by atoms with Crippen molar-refractivity contribution in [2.45, 2.75) is 26.4 Å². The van der Waals surface area contributed by atoms with Gasteiger partial charge in [-0.25, -0.2) is 9.59 Å². The second-order valence-corrected chi connectivity index (χ2v) is 4.17. The Hall–Kier alpha value is -0.840. The fraction of sp³-hybridized carbons (Fsp3) is 0.600. The van der Waals surface area contributed by atoms with Gasteiger partial charge < -0.3 is 9.47 Å². The average Bonchev–Trinajstić information content (AvgIpc) is 2.35. The zero-order valence-electron chi connectivity index (χ0n) is 8.93. The Balaban J connectivity index is 3.10. The molecule has 0 amide bonds. The van der Waals surface area contributed by atoms with Crippen LogP contribution in [0.3, 0.4) is 0 Å². The maximum atomic E-state index is 11.5. The molecule has 0 aliphatic carbocycles. The van der Waals surface area contributed by atoms with Gasteiger partial charge in [0.15, 0.2) is 0 Å². The minimum atomic E-state index is -0.733. The number of halogens is 1. The van der Waals surface area contributed by atoms with Gasteiger partial charge in [-0.15, -0.1) is 0 Å². The van der Waals surface area contributed by atoms with Crippen LogP contribution in [0.15, 0.2) is 11.1 Å². The van der Waals surface area contributed by atoms with Gasteiger partial charge in [0.1, 0.15) is 11.2 Å². The van der Waals surface area contributed by atoms with Crippen LogP contribution in [0.2, 0.25) is 0 Å². The molecule has 0 aromatic heterocycles. The number of esters is 2. The number of rotatable bonds is 3. The Labute approximate surface area is 96.7 Å². The number of cyclic esters (lactones) is 1. The van der Waals surface area contributed by atoms with Crippen molar-refractivity contribution in [3.63, 3.8) is 0 Å². The van der Waals surface area contributed by atoms with E-state index in [1.807, 2.05) is 0 Å². The maximum Gasteiger partial charge on any atom is 0.346 e. The van der Waals surface area contributed by atoms with Crippen molar-refractivity contribution in [1.82, 2.24) is 0 Å². The second kappa shape index (κ2) is 4.35. The van der Waals surface area contributed by atoms with Crippen molar-refractivity contribution < 1.29 is 19.1 Å². The van der Waals surface area contributed by atoms with Crippen molar-refractivity contribution in [2.24, 2.45) is 0 Å². The van der Waals surface area contributed by atoms with Crippen molar-refractivity contribution in [3.05, 3.63) is 11.1 Å². The van der Waals surface area contributed by atoms with Gasteiger partial charge in [0.2, 0.25) is 0 Å². The summed E-state index contributed by atoms with van der Waals surface area (Å²) < 4.78 is 9.89. The molecule has 1 aliphatic rings. The number of alkyl halides is 1. The van der Waals surface area contributed by atoms with E-state index in [2.05, 4.69) is 15.9 Å². The van der Waals surface area contributed by atoms with Crippen molar-refractivity contribution in [3.8, 4) is 0 Å². The topological polar surface area (TPSA) is 52.6 Å². The molecular formula is C10H13BrO4. The van der Waals surface area contributed by atoms with Crippen LogP contribution in [0.4, 0.5) is 0 Å². The maximum absolute atomic E-state index is 11.5. The highest BCUT2D eigenvalue weighted by Gasteiger charge is 2.43. The summed E-state index contributed by atoms with van der Waals surface area (Å²) in [6.07, 6.45) is 0. The molecule has 0 radical (unpaired) electrons. The van der Waals surface area contributed by atoms with E-state index in [0.29, 0.717) is 10.9 Å². The largest absolute Gasteiger partial charge is 0.462 e. The lowest BCUT2D eigenvalue weighted by atomic mass is 9.97. The molecular weight excluding hydrogens is 264 g/mol. The monoisotopic (exact) mass is 276 g/mol. The van der Waals surface area contributed by atoms with Gasteiger partial charge in [0, 0.05) is 10.9 Å². The van der Waals surface area contributed by atoms with Crippen LogP contribution in [0.5, 0.6) is 0 Å². The first kappa shape index (κ1) is 12.2. The normalized spacial score (nSPS) is 19.1. The molecule has 4 nitrogen and oxygen atoms in total. The van der Waals surface area contributed by atoms with Gasteiger partial charge in [0.25, 0.3) is 0 Å². The zero-order chi connectivity index (χ0) is 11.6. The number of ether oxygens (including phenoxy) is 2. The Kier molecular flexibility index (Phi) is 3.54. The summed E-state index contributed by atoms with van der Waals surface area (Å²) >= 11 is 3.24. The number of hydrogen-bond acceptors (Lipinski definition) is 4. The first-order valence-corrected chi connectivity index (χ1v) is 5.76. The van der Waals surface area contributed by atoms with E-state index in [4.69, 9.17) is 9.47 Å². The first-order valence-electron chi connectivity index (χ1n) is 4.64. The predicted octanol–water partition coefficient (Wildman–Crippen LogP) is 1.58. The number of carbonyl (C=O) groups excluding carboxylic acids is 2. The van der Waals surface area contributed by atoms with Crippen LogP contribution in [0, 0.1) is 0 Å². The Morgan fingerprint density at radius 2 is 2.13 bits per heavy atom. The Bertz CT molecular complexity index is 330. The molecule has 0 saturated heterocycles. The van der Waals surface area contributed by atoms with Crippen LogP contribution in [-0.2, 0) is 19.1 Å². The summed E-state index contributed by atoms with van der Waals surface area (Å²) in [6, 6.07) is 0. The third-order valence-corrected chi connectivity index (χ3v) is 2.75. The molecule has 1 heterocycles. The highest BCUT2D eigenvalue weighted by Crippen LogP contribution is 2.33. The van der Waals surface area contributed by atoms with E-state index < -0.39 is 17.5 Å². The van der Waals surface area contributed by atoms with Crippen molar-refractivity contribution in [2.75, 3.05) is 11.9 Å². The van der Waals surface area contributed by atoms with Crippen LogP contribution < -0.4 is 0 Å². The first-order chi connectivity index (χ1) is 6.94. The molecule has 0 atom stereocenters. The fourth-order valence-electron chi connectivity index (χ4n) is 1.41. The third kappa shape index (κ3) is 2.22. The summed E-state index contributed by atoms with van der Waals surface area (Å²) in [4.78, 5) is 23.0. The summed E-state index contributed by atoms with van der Waals surface area (Å²) in [5, 5.41) is 0.417. The van der Waals surface area contributed by atoms with Gasteiger partial charge >= 0.3 is 11.9 Å².